The molecule has 0 aliphatic carbocycles. The Morgan fingerprint density at radius 1 is 1.18 bits per heavy atom. The summed E-state index contributed by atoms with van der Waals surface area (Å²) in [6.07, 6.45) is 4.48. The van der Waals surface area contributed by atoms with Crippen LogP contribution < -0.4 is 0 Å². The lowest BCUT2D eigenvalue weighted by Gasteiger charge is -2.29. The minimum Gasteiger partial charge on any atom is -0.294 e. The highest BCUT2D eigenvalue weighted by Gasteiger charge is 2.22. The van der Waals surface area contributed by atoms with E-state index >= 15 is 0 Å². The van der Waals surface area contributed by atoms with Crippen LogP contribution in [-0.4, -0.2) is 26.4 Å². The van der Waals surface area contributed by atoms with E-state index in [0.717, 1.165) is 43.1 Å². The smallest absolute Gasteiger partial charge is 0.212 e. The molecule has 1 aliphatic rings. The predicted molar refractivity (Wildman–Crippen MR) is 82.7 cm³/mol. The molecule has 0 bridgehead atoms. The molecule has 22 heavy (non-hydrogen) atoms. The van der Waals surface area contributed by atoms with Crippen molar-refractivity contribution in [2.24, 2.45) is 0 Å². The maximum Gasteiger partial charge on any atom is 0.212 e. The first kappa shape index (κ1) is 15.0. The summed E-state index contributed by atoms with van der Waals surface area (Å²) in [7, 11) is 0. The maximum absolute atomic E-state index is 12.9. The largest absolute Gasteiger partial charge is 0.294 e. The Bertz CT molecular complexity index is 661. The zero-order chi connectivity index (χ0) is 15.7. The Morgan fingerprint density at radius 2 is 2.00 bits per heavy atom. The lowest BCUT2D eigenvalue weighted by molar-refractivity contribution is 0.241. The van der Waals surface area contributed by atoms with Crippen molar-refractivity contribution in [3.63, 3.8) is 0 Å². The van der Waals surface area contributed by atoms with Gasteiger partial charge in [-0.2, -0.15) is 4.39 Å². The molecule has 5 heteroatoms. The molecule has 116 valence electrons. The summed E-state index contributed by atoms with van der Waals surface area (Å²) in [6.45, 7) is 8.94. The molecular formula is C17H21FN4. The molecular weight excluding hydrogens is 279 g/mol. The highest BCUT2D eigenvalue weighted by Crippen LogP contribution is 2.23. The van der Waals surface area contributed by atoms with Gasteiger partial charge in [0, 0.05) is 55.1 Å². The summed E-state index contributed by atoms with van der Waals surface area (Å²) in [4.78, 5) is 15.3. The van der Waals surface area contributed by atoms with Crippen LogP contribution in [-0.2, 0) is 24.9 Å². The number of hydrogen-bond acceptors (Lipinski definition) is 4. The lowest BCUT2D eigenvalue weighted by atomic mass is 9.95. The topological polar surface area (TPSA) is 41.9 Å². The Balaban J connectivity index is 1.73. The second-order valence-electron chi connectivity index (χ2n) is 6.87. The van der Waals surface area contributed by atoms with Crippen LogP contribution in [0.2, 0.25) is 0 Å². The molecule has 0 spiro atoms. The Morgan fingerprint density at radius 3 is 2.68 bits per heavy atom. The van der Waals surface area contributed by atoms with Crippen LogP contribution in [0.1, 0.15) is 43.4 Å². The molecule has 3 rings (SSSR count). The van der Waals surface area contributed by atoms with Crippen molar-refractivity contribution >= 4 is 0 Å². The molecule has 0 unspecified atom stereocenters. The van der Waals surface area contributed by atoms with Gasteiger partial charge >= 0.3 is 0 Å². The predicted octanol–water partition coefficient (Wildman–Crippen LogP) is 2.87. The third kappa shape index (κ3) is 3.30. The minimum atomic E-state index is -0.434. The van der Waals surface area contributed by atoms with Gasteiger partial charge in [0.05, 0.1) is 0 Å². The normalized spacial score (nSPS) is 15.6. The van der Waals surface area contributed by atoms with Gasteiger partial charge < -0.3 is 0 Å². The summed E-state index contributed by atoms with van der Waals surface area (Å²) < 4.78 is 12.9. The first-order valence-electron chi connectivity index (χ1n) is 7.60. The van der Waals surface area contributed by atoms with Crippen LogP contribution >= 0.6 is 0 Å². The molecule has 4 nitrogen and oxygen atoms in total. The van der Waals surface area contributed by atoms with E-state index in [0.29, 0.717) is 0 Å². The summed E-state index contributed by atoms with van der Waals surface area (Å²) in [5, 5.41) is 0. The molecule has 0 saturated carbocycles. The van der Waals surface area contributed by atoms with E-state index in [1.54, 1.807) is 12.3 Å². The van der Waals surface area contributed by atoms with Crippen molar-refractivity contribution in [3.05, 3.63) is 53.1 Å². The molecule has 1 aliphatic heterocycles. The zero-order valence-electron chi connectivity index (χ0n) is 13.3. The second kappa shape index (κ2) is 5.72. The Labute approximate surface area is 130 Å². The van der Waals surface area contributed by atoms with Gasteiger partial charge in [-0.05, 0) is 11.6 Å². The number of aromatic nitrogens is 3. The standard InChI is InChI=1S/C17H21FN4/c1-17(2,3)16-20-9-13-11-22(7-6-14(13)21-16)10-12-4-5-15(18)19-8-12/h4-5,8-9H,6-7,10-11H2,1-3H3. The number of nitrogens with zero attached hydrogens (tertiary/aromatic N) is 4. The van der Waals surface area contributed by atoms with E-state index in [4.69, 9.17) is 4.98 Å². The number of hydrogen-bond donors (Lipinski definition) is 0. The van der Waals surface area contributed by atoms with E-state index in [1.165, 1.54) is 11.6 Å². The van der Waals surface area contributed by atoms with Gasteiger partial charge in [0.1, 0.15) is 5.82 Å². The molecule has 0 aromatic carbocycles. The molecule has 0 amide bonds. The van der Waals surface area contributed by atoms with E-state index in [1.807, 2.05) is 6.20 Å². The number of halogens is 1. The number of pyridine rings is 1. The van der Waals surface area contributed by atoms with E-state index < -0.39 is 5.95 Å². The van der Waals surface area contributed by atoms with Gasteiger partial charge in [0.25, 0.3) is 0 Å². The third-order valence-corrected chi connectivity index (χ3v) is 3.88. The summed E-state index contributed by atoms with van der Waals surface area (Å²) in [5.74, 6) is 0.471. The average Bonchev–Trinajstić information content (AvgIpc) is 2.48. The highest BCUT2D eigenvalue weighted by atomic mass is 19.1. The molecule has 0 fully saturated rings. The van der Waals surface area contributed by atoms with Crippen LogP contribution in [0, 0.1) is 5.95 Å². The summed E-state index contributed by atoms with van der Waals surface area (Å²) in [5.41, 5.74) is 3.35. The second-order valence-corrected chi connectivity index (χ2v) is 6.87. The molecule has 0 atom stereocenters. The Hall–Kier alpha value is -1.88. The molecule has 2 aromatic heterocycles. The first-order chi connectivity index (χ1) is 10.4. The monoisotopic (exact) mass is 300 g/mol. The fourth-order valence-corrected chi connectivity index (χ4v) is 2.63. The van der Waals surface area contributed by atoms with Gasteiger partial charge in [-0.1, -0.05) is 26.8 Å². The number of rotatable bonds is 2. The first-order valence-corrected chi connectivity index (χ1v) is 7.60. The van der Waals surface area contributed by atoms with Crippen molar-refractivity contribution in [2.75, 3.05) is 6.54 Å². The van der Waals surface area contributed by atoms with Crippen molar-refractivity contribution in [2.45, 2.75) is 45.7 Å². The van der Waals surface area contributed by atoms with Crippen LogP contribution in [0.4, 0.5) is 4.39 Å². The van der Waals surface area contributed by atoms with Crippen molar-refractivity contribution in [3.8, 4) is 0 Å². The SMILES string of the molecule is CC(C)(C)c1ncc2c(n1)CCN(Cc1ccc(F)nc1)C2. The lowest BCUT2D eigenvalue weighted by Crippen LogP contribution is -2.32. The van der Waals surface area contributed by atoms with Gasteiger partial charge in [-0.25, -0.2) is 15.0 Å². The zero-order valence-corrected chi connectivity index (χ0v) is 13.3. The fourth-order valence-electron chi connectivity index (χ4n) is 2.63. The van der Waals surface area contributed by atoms with Crippen molar-refractivity contribution < 1.29 is 4.39 Å². The van der Waals surface area contributed by atoms with Crippen LogP contribution in [0.5, 0.6) is 0 Å². The molecule has 3 heterocycles. The van der Waals surface area contributed by atoms with Crippen LogP contribution in [0.3, 0.4) is 0 Å². The number of fused-ring (bicyclic) bond motifs is 1. The quantitative estimate of drug-likeness (QED) is 0.800. The molecule has 0 radical (unpaired) electrons. The van der Waals surface area contributed by atoms with E-state index in [-0.39, 0.29) is 5.41 Å². The third-order valence-electron chi connectivity index (χ3n) is 3.88. The van der Waals surface area contributed by atoms with Crippen molar-refractivity contribution in [1.29, 1.82) is 0 Å². The molecule has 0 N–H and O–H groups in total. The average molecular weight is 300 g/mol. The van der Waals surface area contributed by atoms with Crippen LogP contribution in [0.25, 0.3) is 0 Å². The highest BCUT2D eigenvalue weighted by molar-refractivity contribution is 5.23. The van der Waals surface area contributed by atoms with E-state index in [2.05, 4.69) is 35.6 Å². The van der Waals surface area contributed by atoms with Gasteiger partial charge in [0.15, 0.2) is 0 Å². The summed E-state index contributed by atoms with van der Waals surface area (Å²) >= 11 is 0. The molecule has 2 aromatic rings. The minimum absolute atomic E-state index is 0.0219. The summed E-state index contributed by atoms with van der Waals surface area (Å²) in [6, 6.07) is 3.20. The molecule has 0 saturated heterocycles. The fraction of sp³-hybridized carbons (Fsp3) is 0.471. The Kier molecular flexibility index (Phi) is 3.91. The van der Waals surface area contributed by atoms with Gasteiger partial charge in [-0.15, -0.1) is 0 Å². The van der Waals surface area contributed by atoms with Gasteiger partial charge in [0.2, 0.25) is 5.95 Å². The van der Waals surface area contributed by atoms with Crippen molar-refractivity contribution in [1.82, 2.24) is 19.9 Å². The van der Waals surface area contributed by atoms with E-state index in [9.17, 15) is 4.39 Å². The van der Waals surface area contributed by atoms with Crippen LogP contribution in [0.15, 0.2) is 24.5 Å². The maximum atomic E-state index is 12.9. The van der Waals surface area contributed by atoms with Gasteiger partial charge in [-0.3, -0.25) is 4.90 Å².